The Bertz CT molecular complexity index is 968. The zero-order chi connectivity index (χ0) is 22.5. The third kappa shape index (κ3) is 4.75. The van der Waals surface area contributed by atoms with E-state index in [0.29, 0.717) is 48.2 Å². The maximum atomic E-state index is 13.3. The number of Topliss-reactive ketones (excluding diaryl/α,β-unsaturated/α-hetero) is 1. The first-order valence-electron chi connectivity index (χ1n) is 10.3. The van der Waals surface area contributed by atoms with Gasteiger partial charge in [-0.05, 0) is 57.1 Å². The van der Waals surface area contributed by atoms with Crippen molar-refractivity contribution in [1.29, 1.82) is 0 Å². The Balaban J connectivity index is 2.09. The molecular weight excluding hydrogens is 416 g/mol. The van der Waals surface area contributed by atoms with Gasteiger partial charge < -0.3 is 24.4 Å². The summed E-state index contributed by atoms with van der Waals surface area (Å²) in [7, 11) is 3.81. The van der Waals surface area contributed by atoms with Crippen LogP contribution < -0.4 is 9.47 Å². The molecule has 1 aromatic carbocycles. The summed E-state index contributed by atoms with van der Waals surface area (Å²) in [6.07, 6.45) is 0. The molecule has 0 bridgehead atoms. The largest absolute Gasteiger partial charge is 0.503 e. The summed E-state index contributed by atoms with van der Waals surface area (Å²) in [4.78, 5) is 30.2. The molecule has 1 aliphatic heterocycles. The van der Waals surface area contributed by atoms with Crippen LogP contribution in [0.3, 0.4) is 0 Å². The quantitative estimate of drug-likeness (QED) is 0.563. The first kappa shape index (κ1) is 22.8. The molecule has 1 amide bonds. The molecule has 0 fully saturated rings. The highest BCUT2D eigenvalue weighted by atomic mass is 32.1. The number of hydrogen-bond acceptors (Lipinski definition) is 7. The van der Waals surface area contributed by atoms with E-state index in [9.17, 15) is 14.7 Å². The highest BCUT2D eigenvalue weighted by Gasteiger charge is 2.44. The predicted octanol–water partition coefficient (Wildman–Crippen LogP) is 3.69. The van der Waals surface area contributed by atoms with Crippen molar-refractivity contribution in [3.8, 4) is 11.5 Å². The Labute approximate surface area is 186 Å². The molecule has 1 N–H and O–H groups in total. The summed E-state index contributed by atoms with van der Waals surface area (Å²) in [5.41, 5.74) is 0.778. The Morgan fingerprint density at radius 3 is 2.48 bits per heavy atom. The highest BCUT2D eigenvalue weighted by molar-refractivity contribution is 7.12. The molecule has 7 nitrogen and oxygen atoms in total. The minimum atomic E-state index is -0.711. The van der Waals surface area contributed by atoms with Gasteiger partial charge in [-0.25, -0.2) is 0 Å². The van der Waals surface area contributed by atoms with Crippen LogP contribution in [-0.4, -0.2) is 67.0 Å². The van der Waals surface area contributed by atoms with Crippen LogP contribution in [0.25, 0.3) is 0 Å². The molecule has 2 aromatic rings. The first-order valence-corrected chi connectivity index (χ1v) is 11.1. The van der Waals surface area contributed by atoms with Gasteiger partial charge in [-0.3, -0.25) is 9.59 Å². The maximum Gasteiger partial charge on any atom is 0.290 e. The third-order valence-corrected chi connectivity index (χ3v) is 5.83. The molecule has 1 aliphatic rings. The van der Waals surface area contributed by atoms with Crippen molar-refractivity contribution in [3.63, 3.8) is 0 Å². The first-order chi connectivity index (χ1) is 14.9. The van der Waals surface area contributed by atoms with Crippen molar-refractivity contribution in [2.24, 2.45) is 0 Å². The SMILES string of the molecule is CCOc1ccc([C@H]2C(C(=O)c3cccs3)=C(O)C(=O)N2CCN(C)C)cc1OCC. The van der Waals surface area contributed by atoms with Gasteiger partial charge in [0.2, 0.25) is 5.78 Å². The van der Waals surface area contributed by atoms with Gasteiger partial charge in [0.1, 0.15) is 0 Å². The van der Waals surface area contributed by atoms with Gasteiger partial charge in [0.15, 0.2) is 17.3 Å². The van der Waals surface area contributed by atoms with Crippen molar-refractivity contribution < 1.29 is 24.2 Å². The van der Waals surface area contributed by atoms with Crippen molar-refractivity contribution in [2.75, 3.05) is 40.4 Å². The summed E-state index contributed by atoms with van der Waals surface area (Å²) in [5.74, 6) is -0.245. The summed E-state index contributed by atoms with van der Waals surface area (Å²) in [5, 5.41) is 12.5. The van der Waals surface area contributed by atoms with Crippen molar-refractivity contribution in [1.82, 2.24) is 9.80 Å². The van der Waals surface area contributed by atoms with Crippen LogP contribution in [0, 0.1) is 0 Å². The fourth-order valence-corrected chi connectivity index (χ4v) is 4.23. The van der Waals surface area contributed by atoms with Gasteiger partial charge in [0, 0.05) is 13.1 Å². The number of nitrogens with zero attached hydrogens (tertiary/aromatic N) is 2. The molecule has 1 aromatic heterocycles. The van der Waals surface area contributed by atoms with E-state index in [1.165, 1.54) is 11.3 Å². The summed E-state index contributed by atoms with van der Waals surface area (Å²) in [6, 6.07) is 8.14. The standard InChI is InChI=1S/C23H28N2O5S/c1-5-29-16-10-9-15(14-17(16)30-6-2)20-19(21(26)18-8-7-13-31-18)22(27)23(28)25(20)12-11-24(3)4/h7-10,13-14,20,27H,5-6,11-12H2,1-4H3/t20-/m0/s1. The van der Waals surface area contributed by atoms with Crippen molar-refractivity contribution in [3.05, 3.63) is 57.5 Å². The summed E-state index contributed by atoms with van der Waals surface area (Å²) < 4.78 is 11.4. The van der Waals surface area contributed by atoms with Gasteiger partial charge in [-0.15, -0.1) is 11.3 Å². The van der Waals surface area contributed by atoms with Crippen molar-refractivity contribution in [2.45, 2.75) is 19.9 Å². The molecule has 0 spiro atoms. The van der Waals surface area contributed by atoms with E-state index in [0.717, 1.165) is 0 Å². The number of aliphatic hydroxyl groups excluding tert-OH is 1. The number of likely N-dealkylation sites (N-methyl/N-ethyl adjacent to an activating group) is 1. The number of ether oxygens (including phenoxy) is 2. The number of amides is 1. The van der Waals surface area contributed by atoms with Crippen LogP contribution in [0.4, 0.5) is 0 Å². The number of rotatable bonds is 10. The lowest BCUT2D eigenvalue weighted by Gasteiger charge is -2.28. The zero-order valence-corrected chi connectivity index (χ0v) is 19.1. The highest BCUT2D eigenvalue weighted by Crippen LogP contribution is 2.42. The Kier molecular flexibility index (Phi) is 7.35. The van der Waals surface area contributed by atoms with E-state index in [4.69, 9.17) is 9.47 Å². The smallest absolute Gasteiger partial charge is 0.290 e. The molecule has 3 rings (SSSR count). The number of carbonyl (C=O) groups is 2. The van der Waals surface area contributed by atoms with Crippen LogP contribution >= 0.6 is 11.3 Å². The average Bonchev–Trinajstić information content (AvgIpc) is 3.36. The minimum Gasteiger partial charge on any atom is -0.503 e. The second-order valence-electron chi connectivity index (χ2n) is 7.35. The lowest BCUT2D eigenvalue weighted by atomic mass is 9.95. The molecule has 0 unspecified atom stereocenters. The minimum absolute atomic E-state index is 0.0952. The monoisotopic (exact) mass is 444 g/mol. The number of aliphatic hydroxyl groups is 1. The number of thiophene rings is 1. The lowest BCUT2D eigenvalue weighted by molar-refractivity contribution is -0.129. The van der Waals surface area contributed by atoms with Crippen LogP contribution in [0.1, 0.15) is 35.1 Å². The number of benzene rings is 1. The number of carbonyl (C=O) groups excluding carboxylic acids is 2. The number of hydrogen-bond donors (Lipinski definition) is 1. The summed E-state index contributed by atoms with van der Waals surface area (Å²) in [6.45, 7) is 5.64. The van der Waals surface area contributed by atoms with Crippen LogP contribution in [0.2, 0.25) is 0 Å². The van der Waals surface area contributed by atoms with E-state index in [-0.39, 0.29) is 11.4 Å². The Hall–Kier alpha value is -2.84. The molecule has 31 heavy (non-hydrogen) atoms. The lowest BCUT2D eigenvalue weighted by Crippen LogP contribution is -2.36. The number of ketones is 1. The molecule has 0 aliphatic carbocycles. The topological polar surface area (TPSA) is 79.3 Å². The third-order valence-electron chi connectivity index (χ3n) is 4.96. The van der Waals surface area contributed by atoms with Crippen LogP contribution in [0.15, 0.2) is 47.0 Å². The maximum absolute atomic E-state index is 13.3. The molecule has 2 heterocycles. The molecule has 1 atom stereocenters. The van der Waals surface area contributed by atoms with E-state index in [1.807, 2.05) is 38.9 Å². The average molecular weight is 445 g/mol. The van der Waals surface area contributed by atoms with Crippen LogP contribution in [0.5, 0.6) is 11.5 Å². The Morgan fingerprint density at radius 2 is 1.87 bits per heavy atom. The second-order valence-corrected chi connectivity index (χ2v) is 8.29. The van der Waals surface area contributed by atoms with E-state index >= 15 is 0 Å². The van der Waals surface area contributed by atoms with Crippen molar-refractivity contribution >= 4 is 23.0 Å². The molecule has 0 saturated carbocycles. The fourth-order valence-electron chi connectivity index (χ4n) is 3.55. The normalized spacial score (nSPS) is 16.4. The molecular formula is C23H28N2O5S. The Morgan fingerprint density at radius 1 is 1.16 bits per heavy atom. The second kappa shape index (κ2) is 9.98. The molecule has 166 valence electrons. The van der Waals surface area contributed by atoms with Gasteiger partial charge in [-0.1, -0.05) is 12.1 Å². The fraction of sp³-hybridized carbons (Fsp3) is 0.391. The van der Waals surface area contributed by atoms with E-state index < -0.39 is 17.7 Å². The molecule has 0 radical (unpaired) electrons. The van der Waals surface area contributed by atoms with E-state index in [2.05, 4.69) is 0 Å². The van der Waals surface area contributed by atoms with Gasteiger partial charge in [0.05, 0.1) is 29.7 Å². The van der Waals surface area contributed by atoms with Crippen LogP contribution in [-0.2, 0) is 4.79 Å². The van der Waals surface area contributed by atoms with Gasteiger partial charge >= 0.3 is 0 Å². The van der Waals surface area contributed by atoms with E-state index in [1.54, 1.807) is 34.5 Å². The molecule has 8 heteroatoms. The van der Waals surface area contributed by atoms with Gasteiger partial charge in [-0.2, -0.15) is 0 Å². The molecule has 0 saturated heterocycles. The van der Waals surface area contributed by atoms with Gasteiger partial charge in [0.25, 0.3) is 5.91 Å². The predicted molar refractivity (Wildman–Crippen MR) is 120 cm³/mol. The zero-order valence-electron chi connectivity index (χ0n) is 18.3. The summed E-state index contributed by atoms with van der Waals surface area (Å²) >= 11 is 1.28.